The number of aromatic nitrogens is 3. The Kier molecular flexibility index (Phi) is 3.19. The van der Waals surface area contributed by atoms with Crippen LogP contribution in [-0.2, 0) is 6.54 Å². The van der Waals surface area contributed by atoms with Crippen molar-refractivity contribution in [3.8, 4) is 0 Å². The average molecular weight is 264 g/mol. The SMILES string of the molecule is S=c1[nH]nc(N2CCCCC2)n1Cc1ccco1. The predicted molar refractivity (Wildman–Crippen MR) is 71.3 cm³/mol. The van der Waals surface area contributed by atoms with E-state index in [9.17, 15) is 0 Å². The highest BCUT2D eigenvalue weighted by Gasteiger charge is 2.17. The molecule has 96 valence electrons. The van der Waals surface area contributed by atoms with Crippen molar-refractivity contribution in [2.75, 3.05) is 18.0 Å². The van der Waals surface area contributed by atoms with Crippen LogP contribution in [-0.4, -0.2) is 27.9 Å². The molecule has 1 aliphatic rings. The van der Waals surface area contributed by atoms with Gasteiger partial charge in [0.25, 0.3) is 0 Å². The summed E-state index contributed by atoms with van der Waals surface area (Å²) in [5.74, 6) is 1.82. The molecule has 3 heterocycles. The summed E-state index contributed by atoms with van der Waals surface area (Å²) in [4.78, 5) is 2.29. The van der Waals surface area contributed by atoms with Gasteiger partial charge in [-0.05, 0) is 43.6 Å². The van der Waals surface area contributed by atoms with Gasteiger partial charge < -0.3 is 9.32 Å². The Bertz CT molecular complexity index is 551. The van der Waals surface area contributed by atoms with Crippen LogP contribution in [0, 0.1) is 4.77 Å². The average Bonchev–Trinajstić information content (AvgIpc) is 3.03. The molecule has 0 atom stereocenters. The summed E-state index contributed by atoms with van der Waals surface area (Å²) in [5, 5.41) is 7.23. The molecule has 0 saturated carbocycles. The van der Waals surface area contributed by atoms with E-state index in [0.717, 1.165) is 24.8 Å². The quantitative estimate of drug-likeness (QED) is 0.866. The molecule has 2 aromatic rings. The Balaban J connectivity index is 1.88. The van der Waals surface area contributed by atoms with E-state index in [1.807, 2.05) is 16.7 Å². The standard InChI is InChI=1S/C12H16N4OS/c18-12-14-13-11(15-6-2-1-3-7-15)16(12)9-10-5-4-8-17-10/h4-5,8H,1-3,6-7,9H2,(H,14,18). The molecule has 1 aliphatic heterocycles. The third-order valence-electron chi connectivity index (χ3n) is 3.27. The molecule has 0 aromatic carbocycles. The number of hydrogen-bond acceptors (Lipinski definition) is 4. The number of H-pyrrole nitrogens is 1. The van der Waals surface area contributed by atoms with E-state index >= 15 is 0 Å². The summed E-state index contributed by atoms with van der Waals surface area (Å²) in [5.41, 5.74) is 0. The van der Waals surface area contributed by atoms with Crippen molar-refractivity contribution in [3.63, 3.8) is 0 Å². The Morgan fingerprint density at radius 2 is 2.17 bits per heavy atom. The number of nitrogens with one attached hydrogen (secondary N) is 1. The van der Waals surface area contributed by atoms with Crippen LogP contribution in [0.3, 0.4) is 0 Å². The molecule has 0 radical (unpaired) electrons. The van der Waals surface area contributed by atoms with Crippen molar-refractivity contribution < 1.29 is 4.42 Å². The highest BCUT2D eigenvalue weighted by atomic mass is 32.1. The van der Waals surface area contributed by atoms with Gasteiger partial charge in [-0.1, -0.05) is 0 Å². The summed E-state index contributed by atoms with van der Waals surface area (Å²) >= 11 is 5.29. The number of aromatic amines is 1. The first-order chi connectivity index (χ1) is 8.84. The number of hydrogen-bond donors (Lipinski definition) is 1. The van der Waals surface area contributed by atoms with Gasteiger partial charge >= 0.3 is 0 Å². The second-order valence-corrected chi connectivity index (χ2v) is 4.93. The van der Waals surface area contributed by atoms with Gasteiger partial charge in [0, 0.05) is 13.1 Å². The highest BCUT2D eigenvalue weighted by Crippen LogP contribution is 2.19. The number of rotatable bonds is 3. The zero-order valence-corrected chi connectivity index (χ0v) is 10.9. The van der Waals surface area contributed by atoms with Crippen molar-refractivity contribution in [1.29, 1.82) is 0 Å². The van der Waals surface area contributed by atoms with Crippen LogP contribution in [0.5, 0.6) is 0 Å². The lowest BCUT2D eigenvalue weighted by molar-refractivity contribution is 0.487. The minimum absolute atomic E-state index is 0.633. The second kappa shape index (κ2) is 4.97. The summed E-state index contributed by atoms with van der Waals surface area (Å²) < 4.78 is 8.02. The van der Waals surface area contributed by atoms with Crippen LogP contribution in [0.2, 0.25) is 0 Å². The third-order valence-corrected chi connectivity index (χ3v) is 3.58. The molecule has 18 heavy (non-hydrogen) atoms. The third kappa shape index (κ3) is 2.20. The first-order valence-electron chi connectivity index (χ1n) is 6.27. The van der Waals surface area contributed by atoms with E-state index in [0.29, 0.717) is 11.3 Å². The topological polar surface area (TPSA) is 50.0 Å². The fourth-order valence-electron chi connectivity index (χ4n) is 2.35. The van der Waals surface area contributed by atoms with Crippen LogP contribution in [0.25, 0.3) is 0 Å². The summed E-state index contributed by atoms with van der Waals surface area (Å²) in [7, 11) is 0. The first kappa shape index (κ1) is 11.5. The Morgan fingerprint density at radius 3 is 2.89 bits per heavy atom. The molecular weight excluding hydrogens is 248 g/mol. The monoisotopic (exact) mass is 264 g/mol. The molecule has 1 saturated heterocycles. The van der Waals surface area contributed by atoms with Crippen LogP contribution in [0.1, 0.15) is 25.0 Å². The molecule has 5 nitrogen and oxygen atoms in total. The van der Waals surface area contributed by atoms with E-state index < -0.39 is 0 Å². The zero-order valence-electron chi connectivity index (χ0n) is 10.1. The van der Waals surface area contributed by atoms with Gasteiger partial charge in [-0.2, -0.15) is 0 Å². The normalized spacial score (nSPS) is 16.1. The molecule has 3 rings (SSSR count). The molecule has 0 aliphatic carbocycles. The molecule has 0 amide bonds. The maximum absolute atomic E-state index is 5.38. The maximum atomic E-state index is 5.38. The molecule has 2 aromatic heterocycles. The molecule has 0 spiro atoms. The van der Waals surface area contributed by atoms with E-state index in [-0.39, 0.29) is 0 Å². The van der Waals surface area contributed by atoms with Crippen LogP contribution in [0.4, 0.5) is 5.95 Å². The fourth-order valence-corrected chi connectivity index (χ4v) is 2.54. The lowest BCUT2D eigenvalue weighted by atomic mass is 10.1. The van der Waals surface area contributed by atoms with Crippen molar-refractivity contribution in [1.82, 2.24) is 14.8 Å². The lowest BCUT2D eigenvalue weighted by Gasteiger charge is -2.27. The van der Waals surface area contributed by atoms with Gasteiger partial charge in [0.1, 0.15) is 5.76 Å². The molecule has 1 fully saturated rings. The minimum atomic E-state index is 0.633. The van der Waals surface area contributed by atoms with Crippen LogP contribution >= 0.6 is 12.2 Å². The molecule has 1 N–H and O–H groups in total. The van der Waals surface area contributed by atoms with Gasteiger partial charge in [0.2, 0.25) is 5.95 Å². The van der Waals surface area contributed by atoms with E-state index in [1.54, 1.807) is 6.26 Å². The molecule has 6 heteroatoms. The summed E-state index contributed by atoms with van der Waals surface area (Å²) in [6.45, 7) is 2.74. The number of nitrogens with zero attached hydrogens (tertiary/aromatic N) is 3. The first-order valence-corrected chi connectivity index (χ1v) is 6.68. The van der Waals surface area contributed by atoms with Crippen molar-refractivity contribution >= 4 is 18.2 Å². The van der Waals surface area contributed by atoms with Crippen molar-refractivity contribution in [2.24, 2.45) is 0 Å². The predicted octanol–water partition coefficient (Wildman–Crippen LogP) is 2.57. The Morgan fingerprint density at radius 1 is 1.33 bits per heavy atom. The van der Waals surface area contributed by atoms with E-state index in [1.165, 1.54) is 19.3 Å². The summed E-state index contributed by atoms with van der Waals surface area (Å²) in [6, 6.07) is 3.84. The fraction of sp³-hybridized carbons (Fsp3) is 0.500. The van der Waals surface area contributed by atoms with Gasteiger partial charge in [0.15, 0.2) is 4.77 Å². The highest BCUT2D eigenvalue weighted by molar-refractivity contribution is 7.71. The Labute approximate surface area is 110 Å². The molecule has 0 bridgehead atoms. The largest absolute Gasteiger partial charge is 0.467 e. The number of furan rings is 1. The minimum Gasteiger partial charge on any atom is -0.467 e. The number of piperidine rings is 1. The zero-order chi connectivity index (χ0) is 12.4. The van der Waals surface area contributed by atoms with E-state index in [4.69, 9.17) is 16.6 Å². The van der Waals surface area contributed by atoms with Gasteiger partial charge in [-0.15, -0.1) is 5.10 Å². The molecule has 0 unspecified atom stereocenters. The Hall–Kier alpha value is -1.56. The van der Waals surface area contributed by atoms with E-state index in [2.05, 4.69) is 15.1 Å². The molecular formula is C12H16N4OS. The van der Waals surface area contributed by atoms with Crippen molar-refractivity contribution in [2.45, 2.75) is 25.8 Å². The van der Waals surface area contributed by atoms with Crippen LogP contribution < -0.4 is 4.90 Å². The number of anilines is 1. The van der Waals surface area contributed by atoms with Crippen LogP contribution in [0.15, 0.2) is 22.8 Å². The van der Waals surface area contributed by atoms with Gasteiger partial charge in [-0.3, -0.25) is 4.57 Å². The maximum Gasteiger partial charge on any atom is 0.226 e. The van der Waals surface area contributed by atoms with Crippen molar-refractivity contribution in [3.05, 3.63) is 28.9 Å². The lowest BCUT2D eigenvalue weighted by Crippen LogP contribution is -2.32. The smallest absolute Gasteiger partial charge is 0.226 e. The summed E-state index contributed by atoms with van der Waals surface area (Å²) in [6.07, 6.45) is 5.43. The van der Waals surface area contributed by atoms with Gasteiger partial charge in [-0.25, -0.2) is 5.10 Å². The second-order valence-electron chi connectivity index (χ2n) is 4.54. The van der Waals surface area contributed by atoms with Gasteiger partial charge in [0.05, 0.1) is 12.8 Å².